The molecule has 0 radical (unpaired) electrons. The average molecular weight is 561 g/mol. The van der Waals surface area contributed by atoms with E-state index in [-0.39, 0.29) is 29.9 Å². The van der Waals surface area contributed by atoms with Gasteiger partial charge in [-0.05, 0) is 30.5 Å². The van der Waals surface area contributed by atoms with Crippen molar-refractivity contribution in [2.75, 3.05) is 33.2 Å². The number of pyridine rings is 1. The molecule has 3 aromatic rings. The SMILES string of the molecule is CN=C(NCCCc1nnc2ccccn12)NCC1CC(=O)N(CCc2ccccc2)C1.I. The lowest BCUT2D eigenvalue weighted by atomic mass is 10.1. The molecule has 0 spiro atoms. The smallest absolute Gasteiger partial charge is 0.223 e. The molecule has 3 heterocycles. The van der Waals surface area contributed by atoms with Gasteiger partial charge in [-0.2, -0.15) is 0 Å². The highest BCUT2D eigenvalue weighted by Gasteiger charge is 2.29. The van der Waals surface area contributed by atoms with Crippen molar-refractivity contribution in [3.8, 4) is 0 Å². The Bertz CT molecular complexity index is 1050. The number of rotatable bonds is 9. The summed E-state index contributed by atoms with van der Waals surface area (Å²) in [5.41, 5.74) is 2.14. The van der Waals surface area contributed by atoms with E-state index in [0.29, 0.717) is 12.3 Å². The third-order valence-corrected chi connectivity index (χ3v) is 5.84. The zero-order valence-corrected chi connectivity index (χ0v) is 21.3. The van der Waals surface area contributed by atoms with Crippen LogP contribution in [0.15, 0.2) is 59.7 Å². The van der Waals surface area contributed by atoms with Crippen molar-refractivity contribution < 1.29 is 4.79 Å². The van der Waals surface area contributed by atoms with E-state index in [1.54, 1.807) is 7.05 Å². The number of hydrogen-bond donors (Lipinski definition) is 2. The van der Waals surface area contributed by atoms with Crippen LogP contribution in [-0.2, 0) is 17.6 Å². The van der Waals surface area contributed by atoms with Gasteiger partial charge >= 0.3 is 0 Å². The Hall–Kier alpha value is -2.69. The standard InChI is InChI=1S/C24H31N7O.HI/c1-25-24(26-13-7-11-22-29-28-21-10-5-6-14-31(21)22)27-17-20-16-23(32)30(18-20)15-12-19-8-3-2-4-9-19;/h2-6,8-10,14,20H,7,11-13,15-18H2,1H3,(H2,25,26,27);1H. The molecular formula is C24H32IN7O. The molecule has 0 aliphatic carbocycles. The van der Waals surface area contributed by atoms with Gasteiger partial charge in [0, 0.05) is 58.2 Å². The number of carbonyl (C=O) groups is 1. The topological polar surface area (TPSA) is 86.9 Å². The molecule has 9 heteroatoms. The number of likely N-dealkylation sites (tertiary alicyclic amines) is 1. The van der Waals surface area contributed by atoms with Crippen LogP contribution < -0.4 is 10.6 Å². The maximum Gasteiger partial charge on any atom is 0.223 e. The van der Waals surface area contributed by atoms with Gasteiger partial charge in [-0.1, -0.05) is 36.4 Å². The molecule has 2 aromatic heterocycles. The fourth-order valence-electron chi connectivity index (χ4n) is 4.09. The zero-order valence-electron chi connectivity index (χ0n) is 19.0. The van der Waals surface area contributed by atoms with Crippen molar-refractivity contribution in [1.29, 1.82) is 0 Å². The second kappa shape index (κ2) is 12.5. The molecule has 1 saturated heterocycles. The lowest BCUT2D eigenvalue weighted by Gasteiger charge is -2.18. The van der Waals surface area contributed by atoms with Gasteiger partial charge in [0.1, 0.15) is 5.82 Å². The van der Waals surface area contributed by atoms with E-state index in [4.69, 9.17) is 0 Å². The van der Waals surface area contributed by atoms with Crippen LogP contribution >= 0.6 is 24.0 Å². The van der Waals surface area contributed by atoms with Crippen LogP contribution in [0.1, 0.15) is 24.2 Å². The van der Waals surface area contributed by atoms with Crippen LogP contribution in [0.3, 0.4) is 0 Å². The number of guanidine groups is 1. The Morgan fingerprint density at radius 3 is 2.73 bits per heavy atom. The molecule has 1 fully saturated rings. The normalized spacial score (nSPS) is 16.2. The number of aryl methyl sites for hydroxylation is 1. The molecule has 176 valence electrons. The number of fused-ring (bicyclic) bond motifs is 1. The van der Waals surface area contributed by atoms with Crippen LogP contribution in [0.25, 0.3) is 5.65 Å². The number of nitrogens with zero attached hydrogens (tertiary/aromatic N) is 5. The highest BCUT2D eigenvalue weighted by atomic mass is 127. The summed E-state index contributed by atoms with van der Waals surface area (Å²) in [5, 5.41) is 15.2. The number of aliphatic imine (C=N–C) groups is 1. The molecule has 33 heavy (non-hydrogen) atoms. The highest BCUT2D eigenvalue weighted by Crippen LogP contribution is 2.17. The van der Waals surface area contributed by atoms with Gasteiger partial charge in [0.15, 0.2) is 11.6 Å². The molecule has 1 unspecified atom stereocenters. The molecule has 1 atom stereocenters. The predicted molar refractivity (Wildman–Crippen MR) is 141 cm³/mol. The van der Waals surface area contributed by atoms with Gasteiger partial charge in [0.2, 0.25) is 5.91 Å². The number of carbonyl (C=O) groups excluding carboxylic acids is 1. The van der Waals surface area contributed by atoms with E-state index in [2.05, 4.69) is 38.0 Å². The molecule has 8 nitrogen and oxygen atoms in total. The Balaban J connectivity index is 0.00000306. The van der Waals surface area contributed by atoms with Crippen molar-refractivity contribution >= 4 is 41.5 Å². The molecule has 4 rings (SSSR count). The van der Waals surface area contributed by atoms with Crippen molar-refractivity contribution in [3.05, 3.63) is 66.1 Å². The molecule has 1 amide bonds. The van der Waals surface area contributed by atoms with E-state index in [9.17, 15) is 4.79 Å². The Kier molecular flexibility index (Phi) is 9.47. The van der Waals surface area contributed by atoms with E-state index in [1.165, 1.54) is 5.56 Å². The third-order valence-electron chi connectivity index (χ3n) is 5.84. The zero-order chi connectivity index (χ0) is 22.2. The minimum Gasteiger partial charge on any atom is -0.356 e. The monoisotopic (exact) mass is 561 g/mol. The van der Waals surface area contributed by atoms with Crippen molar-refractivity contribution in [1.82, 2.24) is 30.1 Å². The summed E-state index contributed by atoms with van der Waals surface area (Å²) < 4.78 is 2.02. The molecule has 1 aliphatic rings. The van der Waals surface area contributed by atoms with Gasteiger partial charge in [0.25, 0.3) is 0 Å². The number of benzene rings is 1. The number of amides is 1. The third kappa shape index (κ3) is 6.89. The molecule has 1 aromatic carbocycles. The first-order valence-electron chi connectivity index (χ1n) is 11.3. The Morgan fingerprint density at radius 1 is 1.09 bits per heavy atom. The number of aromatic nitrogens is 3. The number of halogens is 1. The summed E-state index contributed by atoms with van der Waals surface area (Å²) in [7, 11) is 1.77. The van der Waals surface area contributed by atoms with Crippen molar-refractivity contribution in [3.63, 3.8) is 0 Å². The maximum atomic E-state index is 12.4. The van der Waals surface area contributed by atoms with E-state index >= 15 is 0 Å². The van der Waals surface area contributed by atoms with Crippen LogP contribution in [0.4, 0.5) is 0 Å². The molecule has 1 aliphatic heterocycles. The quantitative estimate of drug-likeness (QED) is 0.182. The summed E-state index contributed by atoms with van der Waals surface area (Å²) in [4.78, 5) is 18.7. The summed E-state index contributed by atoms with van der Waals surface area (Å²) in [5.74, 6) is 2.28. The van der Waals surface area contributed by atoms with Crippen LogP contribution in [0.5, 0.6) is 0 Å². The van der Waals surface area contributed by atoms with Crippen LogP contribution in [-0.4, -0.2) is 64.6 Å². The predicted octanol–water partition coefficient (Wildman–Crippen LogP) is 2.54. The molecular weight excluding hydrogens is 529 g/mol. The van der Waals surface area contributed by atoms with Crippen LogP contribution in [0.2, 0.25) is 0 Å². The summed E-state index contributed by atoms with van der Waals surface area (Å²) in [6, 6.07) is 16.2. The maximum absolute atomic E-state index is 12.4. The first-order chi connectivity index (χ1) is 15.7. The van der Waals surface area contributed by atoms with Crippen molar-refractivity contribution in [2.24, 2.45) is 10.9 Å². The van der Waals surface area contributed by atoms with Gasteiger partial charge < -0.3 is 15.5 Å². The average Bonchev–Trinajstić information content (AvgIpc) is 3.40. The lowest BCUT2D eigenvalue weighted by molar-refractivity contribution is -0.127. The number of hydrogen-bond acceptors (Lipinski definition) is 4. The first-order valence-corrected chi connectivity index (χ1v) is 11.3. The van der Waals surface area contributed by atoms with Crippen molar-refractivity contribution in [2.45, 2.75) is 25.7 Å². The molecule has 0 bridgehead atoms. The summed E-state index contributed by atoms with van der Waals surface area (Å²) in [6.45, 7) is 3.11. The fraction of sp³-hybridized carbons (Fsp3) is 0.417. The Labute approximate surface area is 211 Å². The van der Waals surface area contributed by atoms with E-state index in [0.717, 1.165) is 62.9 Å². The van der Waals surface area contributed by atoms with Crippen LogP contribution in [0, 0.1) is 5.92 Å². The van der Waals surface area contributed by atoms with Gasteiger partial charge in [-0.25, -0.2) is 0 Å². The highest BCUT2D eigenvalue weighted by molar-refractivity contribution is 14.0. The fourth-order valence-corrected chi connectivity index (χ4v) is 4.09. The molecule has 0 saturated carbocycles. The summed E-state index contributed by atoms with van der Waals surface area (Å²) >= 11 is 0. The van der Waals surface area contributed by atoms with Gasteiger partial charge in [-0.3, -0.25) is 14.2 Å². The number of nitrogens with one attached hydrogen (secondary N) is 2. The minimum atomic E-state index is 0. The van der Waals surface area contributed by atoms with Gasteiger partial charge in [0.05, 0.1) is 0 Å². The van der Waals surface area contributed by atoms with E-state index in [1.807, 2.05) is 51.9 Å². The molecule has 2 N–H and O–H groups in total. The largest absolute Gasteiger partial charge is 0.356 e. The second-order valence-corrected chi connectivity index (χ2v) is 8.17. The Morgan fingerprint density at radius 2 is 1.91 bits per heavy atom. The summed E-state index contributed by atoms with van der Waals surface area (Å²) in [6.07, 6.45) is 5.24. The van der Waals surface area contributed by atoms with E-state index < -0.39 is 0 Å². The second-order valence-electron chi connectivity index (χ2n) is 8.17. The lowest BCUT2D eigenvalue weighted by Crippen LogP contribution is -2.40. The van der Waals surface area contributed by atoms with Gasteiger partial charge in [-0.15, -0.1) is 34.2 Å². The minimum absolute atomic E-state index is 0. The first kappa shape index (κ1) is 24.9.